The van der Waals surface area contributed by atoms with Crippen molar-refractivity contribution in [3.8, 4) is 0 Å². The lowest BCUT2D eigenvalue weighted by Gasteiger charge is -2.18. The molecule has 0 heterocycles. The van der Waals surface area contributed by atoms with Crippen LogP contribution in [-0.4, -0.2) is 39.8 Å². The lowest BCUT2D eigenvalue weighted by molar-refractivity contribution is 0.0696. The maximum atomic E-state index is 12.9. The molecule has 2 rings (SSSR count). The number of ether oxygens (including phenoxy) is 1. The first-order valence-electron chi connectivity index (χ1n) is 8.52. The molecule has 0 aliphatic carbocycles. The van der Waals surface area contributed by atoms with Crippen molar-refractivity contribution in [3.05, 3.63) is 59.7 Å². The molecule has 0 fully saturated rings. The fraction of sp³-hybridized carbons (Fsp3) is 0.316. The van der Waals surface area contributed by atoms with Gasteiger partial charge in [0.15, 0.2) is 0 Å². The van der Waals surface area contributed by atoms with E-state index in [2.05, 4.69) is 10.0 Å². The van der Waals surface area contributed by atoms with Crippen LogP contribution in [0, 0.1) is 0 Å². The minimum absolute atomic E-state index is 0.0924. The number of methoxy groups -OCH3 is 1. The van der Waals surface area contributed by atoms with E-state index in [9.17, 15) is 18.3 Å². The molecule has 0 amide bonds. The Morgan fingerprint density at radius 3 is 2.52 bits per heavy atom. The Labute approximate surface area is 159 Å². The number of carboxylic acid groups (broad SMARTS) is 1. The molecule has 0 saturated carbocycles. The first kappa shape index (κ1) is 20.9. The smallest absolute Gasteiger partial charge is 0.335 e. The molecule has 0 bridgehead atoms. The summed E-state index contributed by atoms with van der Waals surface area (Å²) in [4.78, 5) is 11.2. The van der Waals surface area contributed by atoms with Crippen molar-refractivity contribution < 1.29 is 23.1 Å². The summed E-state index contributed by atoms with van der Waals surface area (Å²) in [5.41, 5.74) is 1.07. The number of rotatable bonds is 10. The van der Waals surface area contributed by atoms with Crippen molar-refractivity contribution in [1.29, 1.82) is 0 Å². The average molecular weight is 392 g/mol. The van der Waals surface area contributed by atoms with Crippen LogP contribution in [-0.2, 0) is 14.8 Å². The van der Waals surface area contributed by atoms with Crippen molar-refractivity contribution >= 4 is 21.7 Å². The van der Waals surface area contributed by atoms with Gasteiger partial charge in [0.1, 0.15) is 4.90 Å². The first-order valence-corrected chi connectivity index (χ1v) is 10.0. The molecule has 3 N–H and O–H groups in total. The molecule has 146 valence electrons. The summed E-state index contributed by atoms with van der Waals surface area (Å²) in [6.45, 7) is 2.77. The van der Waals surface area contributed by atoms with Gasteiger partial charge in [-0.05, 0) is 37.1 Å². The van der Waals surface area contributed by atoms with Crippen molar-refractivity contribution in [2.45, 2.75) is 24.3 Å². The maximum Gasteiger partial charge on any atom is 0.335 e. The summed E-state index contributed by atoms with van der Waals surface area (Å²) in [6, 6.07) is 12.7. The number of aromatic carboxylic acids is 1. The fourth-order valence-corrected chi connectivity index (χ4v) is 4.01. The molecule has 0 unspecified atom stereocenters. The third-order valence-electron chi connectivity index (χ3n) is 3.99. The van der Waals surface area contributed by atoms with Gasteiger partial charge in [0, 0.05) is 26.3 Å². The lowest BCUT2D eigenvalue weighted by Crippen LogP contribution is -2.28. The Bertz CT molecular complexity index is 869. The van der Waals surface area contributed by atoms with E-state index in [1.54, 1.807) is 14.0 Å². The SMILES string of the molecule is COCCCNc1ccc(C(=O)O)cc1S(=O)(=O)N[C@@H](C)c1ccccc1. The lowest BCUT2D eigenvalue weighted by atomic mass is 10.1. The summed E-state index contributed by atoms with van der Waals surface area (Å²) >= 11 is 0. The molecular formula is C19H24N2O5S. The van der Waals surface area contributed by atoms with E-state index < -0.39 is 22.0 Å². The van der Waals surface area contributed by atoms with Gasteiger partial charge in [0.2, 0.25) is 10.0 Å². The number of carboxylic acids is 1. The maximum absolute atomic E-state index is 12.9. The second kappa shape index (κ2) is 9.50. The Morgan fingerprint density at radius 2 is 1.89 bits per heavy atom. The Morgan fingerprint density at radius 1 is 1.19 bits per heavy atom. The van der Waals surface area contributed by atoms with Crippen molar-refractivity contribution in [2.24, 2.45) is 0 Å². The van der Waals surface area contributed by atoms with Crippen LogP contribution in [0.1, 0.15) is 35.3 Å². The van der Waals surface area contributed by atoms with Gasteiger partial charge < -0.3 is 15.2 Å². The predicted octanol–water partition coefficient (Wildman–Crippen LogP) is 2.87. The summed E-state index contributed by atoms with van der Waals surface area (Å²) in [7, 11) is -2.35. The van der Waals surface area contributed by atoms with Crippen LogP contribution in [0.25, 0.3) is 0 Å². The molecule has 27 heavy (non-hydrogen) atoms. The summed E-state index contributed by atoms with van der Waals surface area (Å²) in [5.74, 6) is -1.19. The van der Waals surface area contributed by atoms with Crippen LogP contribution in [0.2, 0.25) is 0 Å². The van der Waals surface area contributed by atoms with Crippen LogP contribution < -0.4 is 10.0 Å². The quantitative estimate of drug-likeness (QED) is 0.537. The van der Waals surface area contributed by atoms with Crippen LogP contribution in [0.5, 0.6) is 0 Å². The second-order valence-corrected chi connectivity index (χ2v) is 7.73. The molecule has 2 aromatic carbocycles. The Hall–Kier alpha value is -2.42. The van der Waals surface area contributed by atoms with Crippen LogP contribution in [0.4, 0.5) is 5.69 Å². The molecule has 0 aliphatic heterocycles. The van der Waals surface area contributed by atoms with Gasteiger partial charge >= 0.3 is 5.97 Å². The van der Waals surface area contributed by atoms with E-state index in [-0.39, 0.29) is 10.5 Å². The highest BCUT2D eigenvalue weighted by molar-refractivity contribution is 7.89. The Kier molecular flexibility index (Phi) is 7.35. The number of anilines is 1. The highest BCUT2D eigenvalue weighted by atomic mass is 32.2. The summed E-state index contributed by atoms with van der Waals surface area (Å²) in [6.07, 6.45) is 0.685. The second-order valence-electron chi connectivity index (χ2n) is 6.04. The number of carbonyl (C=O) groups is 1. The summed E-state index contributed by atoms with van der Waals surface area (Å²) < 4.78 is 33.5. The van der Waals surface area contributed by atoms with E-state index in [1.165, 1.54) is 18.2 Å². The third kappa shape index (κ3) is 5.78. The number of hydrogen-bond donors (Lipinski definition) is 3. The molecule has 1 atom stereocenters. The molecule has 0 aliphatic rings. The van der Waals surface area contributed by atoms with Gasteiger partial charge in [-0.2, -0.15) is 0 Å². The largest absolute Gasteiger partial charge is 0.478 e. The van der Waals surface area contributed by atoms with E-state index in [0.717, 1.165) is 5.56 Å². The topological polar surface area (TPSA) is 105 Å². The molecule has 0 aromatic heterocycles. The van der Waals surface area contributed by atoms with Crippen LogP contribution in [0.3, 0.4) is 0 Å². The highest BCUT2D eigenvalue weighted by Gasteiger charge is 2.23. The zero-order valence-corrected chi connectivity index (χ0v) is 16.1. The fourth-order valence-electron chi connectivity index (χ4n) is 2.57. The van der Waals surface area contributed by atoms with Crippen LogP contribution >= 0.6 is 0 Å². The van der Waals surface area contributed by atoms with E-state index >= 15 is 0 Å². The van der Waals surface area contributed by atoms with Gasteiger partial charge in [-0.3, -0.25) is 0 Å². The normalized spacial score (nSPS) is 12.5. The Balaban J connectivity index is 2.31. The predicted molar refractivity (Wildman–Crippen MR) is 104 cm³/mol. The molecule has 0 spiro atoms. The number of sulfonamides is 1. The molecule has 7 nitrogen and oxygen atoms in total. The van der Waals surface area contributed by atoms with Gasteiger partial charge in [-0.25, -0.2) is 17.9 Å². The van der Waals surface area contributed by atoms with Gasteiger partial charge in [0.25, 0.3) is 0 Å². The van der Waals surface area contributed by atoms with Crippen LogP contribution in [0.15, 0.2) is 53.4 Å². The molecular weight excluding hydrogens is 368 g/mol. The minimum atomic E-state index is -3.94. The number of benzene rings is 2. The standard InChI is InChI=1S/C19H24N2O5S/c1-14(15-7-4-3-5-8-15)21-27(24,25)18-13-16(19(22)23)9-10-17(18)20-11-6-12-26-2/h3-5,7-10,13-14,20-21H,6,11-12H2,1-2H3,(H,22,23)/t14-/m0/s1. The summed E-state index contributed by atoms with van der Waals surface area (Å²) in [5, 5.41) is 12.3. The highest BCUT2D eigenvalue weighted by Crippen LogP contribution is 2.25. The minimum Gasteiger partial charge on any atom is -0.478 e. The van der Waals surface area contributed by atoms with Crippen molar-refractivity contribution in [1.82, 2.24) is 4.72 Å². The zero-order valence-electron chi connectivity index (χ0n) is 15.3. The third-order valence-corrected chi connectivity index (χ3v) is 5.57. The zero-order chi connectivity index (χ0) is 19.9. The number of nitrogens with one attached hydrogen (secondary N) is 2. The van der Waals surface area contributed by atoms with E-state index in [1.807, 2.05) is 30.3 Å². The molecule has 0 radical (unpaired) electrons. The molecule has 8 heteroatoms. The monoisotopic (exact) mass is 392 g/mol. The van der Waals surface area contributed by atoms with E-state index in [4.69, 9.17) is 4.74 Å². The first-order chi connectivity index (χ1) is 12.8. The average Bonchev–Trinajstić information content (AvgIpc) is 2.65. The van der Waals surface area contributed by atoms with Gasteiger partial charge in [-0.1, -0.05) is 30.3 Å². The van der Waals surface area contributed by atoms with Gasteiger partial charge in [0.05, 0.1) is 11.3 Å². The van der Waals surface area contributed by atoms with Gasteiger partial charge in [-0.15, -0.1) is 0 Å². The molecule has 2 aromatic rings. The van der Waals surface area contributed by atoms with E-state index in [0.29, 0.717) is 25.3 Å². The van der Waals surface area contributed by atoms with Crippen molar-refractivity contribution in [2.75, 3.05) is 25.6 Å². The molecule has 0 saturated heterocycles. The van der Waals surface area contributed by atoms with Crippen molar-refractivity contribution in [3.63, 3.8) is 0 Å². The number of hydrogen-bond acceptors (Lipinski definition) is 5.